The first kappa shape index (κ1) is 14.1. The lowest BCUT2D eigenvalue weighted by Crippen LogP contribution is -2.38. The van der Waals surface area contributed by atoms with Crippen molar-refractivity contribution in [2.75, 3.05) is 0 Å². The summed E-state index contributed by atoms with van der Waals surface area (Å²) in [7, 11) is -4.25. The van der Waals surface area contributed by atoms with E-state index in [2.05, 4.69) is 0 Å². The lowest BCUT2D eigenvalue weighted by Gasteiger charge is -2.10. The van der Waals surface area contributed by atoms with Crippen molar-refractivity contribution < 1.29 is 23.2 Å². The average molecular weight is 274 g/mol. The highest BCUT2D eigenvalue weighted by atomic mass is 32.2. The van der Waals surface area contributed by atoms with Gasteiger partial charge in [-0.3, -0.25) is 14.9 Å². The van der Waals surface area contributed by atoms with Gasteiger partial charge in [-0.05, 0) is 13.0 Å². The molecule has 8 nitrogen and oxygen atoms in total. The molecule has 0 heterocycles. The minimum absolute atomic E-state index is 0.567. The van der Waals surface area contributed by atoms with Crippen LogP contribution in [0.2, 0.25) is 0 Å². The van der Waals surface area contributed by atoms with Crippen molar-refractivity contribution in [3.05, 3.63) is 34.4 Å². The van der Waals surface area contributed by atoms with Gasteiger partial charge in [0.05, 0.1) is 4.92 Å². The third-order valence-corrected chi connectivity index (χ3v) is 3.64. The fourth-order valence-corrected chi connectivity index (χ4v) is 2.55. The number of nitrogens with one attached hydrogen (secondary N) is 1. The molecule has 0 bridgehead atoms. The summed E-state index contributed by atoms with van der Waals surface area (Å²) in [5, 5.41) is 19.3. The number of benzene rings is 1. The zero-order chi connectivity index (χ0) is 13.9. The van der Waals surface area contributed by atoms with Crippen molar-refractivity contribution in [1.82, 2.24) is 4.72 Å². The molecule has 98 valence electrons. The summed E-state index contributed by atoms with van der Waals surface area (Å²) >= 11 is 0. The number of carboxylic acids is 1. The van der Waals surface area contributed by atoms with Gasteiger partial charge in [0.1, 0.15) is 6.04 Å². The van der Waals surface area contributed by atoms with E-state index in [0.29, 0.717) is 0 Å². The van der Waals surface area contributed by atoms with Crippen LogP contribution in [0.15, 0.2) is 29.2 Å². The van der Waals surface area contributed by atoms with Crippen molar-refractivity contribution in [2.45, 2.75) is 17.9 Å². The van der Waals surface area contributed by atoms with E-state index in [1.165, 1.54) is 12.1 Å². The number of nitro benzene ring substituents is 1. The highest BCUT2D eigenvalue weighted by Gasteiger charge is 2.28. The van der Waals surface area contributed by atoms with E-state index in [9.17, 15) is 23.3 Å². The van der Waals surface area contributed by atoms with Gasteiger partial charge >= 0.3 is 5.97 Å². The standard InChI is InChI=1S/C9H10N2O6S/c1-6(9(12)13)10-18(16,17)8-5-3-2-4-7(8)11(14)15/h2-6,10H,1H3,(H,12,13)/t6-/m0/s1. The Hall–Kier alpha value is -2.00. The van der Waals surface area contributed by atoms with E-state index in [1.54, 1.807) is 0 Å². The van der Waals surface area contributed by atoms with Gasteiger partial charge in [-0.1, -0.05) is 12.1 Å². The van der Waals surface area contributed by atoms with E-state index >= 15 is 0 Å². The van der Waals surface area contributed by atoms with Crippen molar-refractivity contribution in [1.29, 1.82) is 0 Å². The summed E-state index contributed by atoms with van der Waals surface area (Å²) in [6, 6.07) is 3.31. The molecular weight excluding hydrogens is 264 g/mol. The minimum Gasteiger partial charge on any atom is -0.480 e. The number of carboxylic acid groups (broad SMARTS) is 1. The molecule has 0 saturated carbocycles. The SMILES string of the molecule is C[C@H](NS(=O)(=O)c1ccccc1[N+](=O)[O-])C(=O)O. The Labute approximate surface area is 102 Å². The average Bonchev–Trinajstić information content (AvgIpc) is 2.28. The van der Waals surface area contributed by atoms with Gasteiger partial charge in [0.25, 0.3) is 5.69 Å². The van der Waals surface area contributed by atoms with Crippen LogP contribution in [-0.4, -0.2) is 30.5 Å². The normalized spacial score (nSPS) is 12.9. The van der Waals surface area contributed by atoms with Gasteiger partial charge in [0, 0.05) is 6.07 Å². The Morgan fingerprint density at radius 2 is 2.00 bits per heavy atom. The van der Waals surface area contributed by atoms with Crippen molar-refractivity contribution in [3.8, 4) is 0 Å². The molecule has 0 aliphatic rings. The van der Waals surface area contributed by atoms with Gasteiger partial charge < -0.3 is 5.11 Å². The Kier molecular flexibility index (Phi) is 3.99. The molecule has 0 unspecified atom stereocenters. The number of aliphatic carboxylic acids is 1. The van der Waals surface area contributed by atoms with E-state index in [1.807, 2.05) is 4.72 Å². The van der Waals surface area contributed by atoms with E-state index < -0.39 is 37.5 Å². The maximum absolute atomic E-state index is 11.8. The molecular formula is C9H10N2O6S. The minimum atomic E-state index is -4.25. The number of nitro groups is 1. The quantitative estimate of drug-likeness (QED) is 0.589. The van der Waals surface area contributed by atoms with Crippen molar-refractivity contribution >= 4 is 21.7 Å². The second-order valence-electron chi connectivity index (χ2n) is 3.41. The van der Waals surface area contributed by atoms with Gasteiger partial charge in [-0.2, -0.15) is 4.72 Å². The molecule has 18 heavy (non-hydrogen) atoms. The molecule has 0 fully saturated rings. The summed E-state index contributed by atoms with van der Waals surface area (Å²) in [6.07, 6.45) is 0. The second-order valence-corrected chi connectivity index (χ2v) is 5.09. The number of nitrogens with zero attached hydrogens (tertiary/aromatic N) is 1. The van der Waals surface area contributed by atoms with Gasteiger partial charge in [-0.15, -0.1) is 0 Å². The molecule has 0 saturated heterocycles. The summed E-state index contributed by atoms with van der Waals surface area (Å²) in [4.78, 5) is 19.8. The summed E-state index contributed by atoms with van der Waals surface area (Å²) in [6.45, 7) is 1.12. The van der Waals surface area contributed by atoms with Crippen LogP contribution >= 0.6 is 0 Å². The predicted molar refractivity (Wildman–Crippen MR) is 60.5 cm³/mol. The number of hydrogen-bond acceptors (Lipinski definition) is 5. The van der Waals surface area contributed by atoms with Gasteiger partial charge in [0.15, 0.2) is 4.90 Å². The number of para-hydroxylation sites is 1. The smallest absolute Gasteiger partial charge is 0.321 e. The third kappa shape index (κ3) is 3.02. The Balaban J connectivity index is 3.21. The zero-order valence-corrected chi connectivity index (χ0v) is 10.0. The Bertz CT molecular complexity index is 582. The van der Waals surface area contributed by atoms with E-state index in [-0.39, 0.29) is 0 Å². The first-order valence-electron chi connectivity index (χ1n) is 4.74. The number of hydrogen-bond donors (Lipinski definition) is 2. The summed E-state index contributed by atoms with van der Waals surface area (Å²) in [5.74, 6) is -1.38. The van der Waals surface area contributed by atoms with Crippen molar-refractivity contribution in [2.24, 2.45) is 0 Å². The maximum Gasteiger partial charge on any atom is 0.321 e. The van der Waals surface area contributed by atoms with Crippen LogP contribution < -0.4 is 4.72 Å². The summed E-state index contributed by atoms with van der Waals surface area (Å²) in [5.41, 5.74) is -0.609. The fraction of sp³-hybridized carbons (Fsp3) is 0.222. The summed E-state index contributed by atoms with van der Waals surface area (Å²) < 4.78 is 25.4. The first-order chi connectivity index (χ1) is 8.25. The number of rotatable bonds is 5. The zero-order valence-electron chi connectivity index (χ0n) is 9.23. The Morgan fingerprint density at radius 3 is 2.50 bits per heavy atom. The van der Waals surface area contributed by atoms with Crippen LogP contribution in [-0.2, 0) is 14.8 Å². The number of carbonyl (C=O) groups is 1. The van der Waals surface area contributed by atoms with Crippen LogP contribution in [0.4, 0.5) is 5.69 Å². The molecule has 1 aromatic carbocycles. The van der Waals surface area contributed by atoms with Crippen molar-refractivity contribution in [3.63, 3.8) is 0 Å². The fourth-order valence-electron chi connectivity index (χ4n) is 1.18. The Morgan fingerprint density at radius 1 is 1.44 bits per heavy atom. The lowest BCUT2D eigenvalue weighted by molar-refractivity contribution is -0.387. The van der Waals surface area contributed by atoms with Gasteiger partial charge in [-0.25, -0.2) is 8.42 Å². The predicted octanol–water partition coefficient (Wildman–Crippen LogP) is 0.346. The van der Waals surface area contributed by atoms with Crippen LogP contribution in [0.5, 0.6) is 0 Å². The van der Waals surface area contributed by atoms with E-state index in [4.69, 9.17) is 5.11 Å². The molecule has 0 amide bonds. The molecule has 0 radical (unpaired) electrons. The molecule has 0 aliphatic carbocycles. The molecule has 0 aliphatic heterocycles. The van der Waals surface area contributed by atoms with Crippen LogP contribution in [0.1, 0.15) is 6.92 Å². The molecule has 9 heteroatoms. The molecule has 1 rings (SSSR count). The number of sulfonamides is 1. The largest absolute Gasteiger partial charge is 0.480 e. The first-order valence-corrected chi connectivity index (χ1v) is 6.22. The molecule has 0 spiro atoms. The molecule has 2 N–H and O–H groups in total. The highest BCUT2D eigenvalue weighted by molar-refractivity contribution is 7.89. The molecule has 1 aromatic rings. The lowest BCUT2D eigenvalue weighted by atomic mass is 10.3. The van der Waals surface area contributed by atoms with Crippen LogP contribution in [0.3, 0.4) is 0 Å². The van der Waals surface area contributed by atoms with Crippen LogP contribution in [0.25, 0.3) is 0 Å². The molecule has 0 aromatic heterocycles. The second kappa shape index (κ2) is 5.10. The van der Waals surface area contributed by atoms with E-state index in [0.717, 1.165) is 19.1 Å². The topological polar surface area (TPSA) is 127 Å². The molecule has 1 atom stereocenters. The third-order valence-electron chi connectivity index (χ3n) is 2.05. The van der Waals surface area contributed by atoms with Gasteiger partial charge in [0.2, 0.25) is 10.0 Å². The highest BCUT2D eigenvalue weighted by Crippen LogP contribution is 2.22. The monoisotopic (exact) mass is 274 g/mol. The van der Waals surface area contributed by atoms with Crippen LogP contribution in [0, 0.1) is 10.1 Å². The maximum atomic E-state index is 11.8.